The van der Waals surface area contributed by atoms with Gasteiger partial charge in [0.25, 0.3) is 11.8 Å². The van der Waals surface area contributed by atoms with Gasteiger partial charge in [0.15, 0.2) is 12.2 Å². The number of carbonyl (C=O) groups is 4. The smallest absolute Gasteiger partial charge is 0.266 e. The lowest BCUT2D eigenvalue weighted by atomic mass is 9.69. The summed E-state index contributed by atoms with van der Waals surface area (Å²) < 4.78 is 0. The SMILES string of the molecule is N#CCCCCC12C3C(=O)N(c4ccccc4)C(=O)C3ON1O[C@@H]1C(=O)N(c3ccccc3)C(=O)[C@@H]12. The Morgan fingerprint density at radius 3 is 1.64 bits per heavy atom. The molecule has 2 aromatic rings. The molecule has 10 nitrogen and oxygen atoms in total. The Labute approximate surface area is 206 Å². The largest absolute Gasteiger partial charge is 0.273 e. The van der Waals surface area contributed by atoms with E-state index in [0.29, 0.717) is 30.6 Å². The fourth-order valence-electron chi connectivity index (χ4n) is 5.98. The fraction of sp³-hybridized carbons (Fsp3) is 0.346. The molecule has 6 rings (SSSR count). The lowest BCUT2D eigenvalue weighted by Crippen LogP contribution is -2.54. The number of rotatable bonds is 6. The first-order valence-electron chi connectivity index (χ1n) is 11.9. The molecule has 36 heavy (non-hydrogen) atoms. The number of benzene rings is 2. The Hall–Kier alpha value is -3.91. The molecule has 4 saturated heterocycles. The monoisotopic (exact) mass is 486 g/mol. The van der Waals surface area contributed by atoms with Crippen molar-refractivity contribution in [3.05, 3.63) is 60.7 Å². The van der Waals surface area contributed by atoms with Crippen molar-refractivity contribution in [2.24, 2.45) is 11.8 Å². The number of nitriles is 1. The minimum Gasteiger partial charge on any atom is -0.273 e. The summed E-state index contributed by atoms with van der Waals surface area (Å²) in [6.07, 6.45) is -0.822. The summed E-state index contributed by atoms with van der Waals surface area (Å²) in [7, 11) is 0. The van der Waals surface area contributed by atoms with E-state index < -0.39 is 53.2 Å². The molecule has 0 aromatic heterocycles. The van der Waals surface area contributed by atoms with Crippen LogP contribution in [0.5, 0.6) is 0 Å². The van der Waals surface area contributed by atoms with Gasteiger partial charge in [-0.25, -0.2) is 9.80 Å². The Morgan fingerprint density at radius 1 is 0.722 bits per heavy atom. The molecule has 0 radical (unpaired) electrons. The molecule has 0 N–H and O–H groups in total. The first-order valence-corrected chi connectivity index (χ1v) is 11.9. The third kappa shape index (κ3) is 2.94. The second-order valence-corrected chi connectivity index (χ2v) is 9.32. The van der Waals surface area contributed by atoms with Gasteiger partial charge in [0.2, 0.25) is 11.8 Å². The number of amides is 4. The first kappa shape index (κ1) is 22.5. The van der Waals surface area contributed by atoms with Gasteiger partial charge in [0.05, 0.1) is 17.4 Å². The van der Waals surface area contributed by atoms with Crippen LogP contribution in [0.25, 0.3) is 0 Å². The van der Waals surface area contributed by atoms with Gasteiger partial charge in [-0.3, -0.25) is 28.9 Å². The van der Waals surface area contributed by atoms with Crippen molar-refractivity contribution < 1.29 is 28.9 Å². The number of unbranched alkanes of at least 4 members (excludes halogenated alkanes) is 2. The summed E-state index contributed by atoms with van der Waals surface area (Å²) in [5.41, 5.74) is -0.545. The molecule has 4 aliphatic heterocycles. The highest BCUT2D eigenvalue weighted by atomic mass is 17.0. The van der Waals surface area contributed by atoms with Crippen LogP contribution in [0.4, 0.5) is 11.4 Å². The van der Waals surface area contributed by atoms with Crippen LogP contribution in [-0.4, -0.2) is 46.6 Å². The van der Waals surface area contributed by atoms with E-state index in [2.05, 4.69) is 6.07 Å². The maximum Gasteiger partial charge on any atom is 0.266 e. The quantitative estimate of drug-likeness (QED) is 0.450. The summed E-state index contributed by atoms with van der Waals surface area (Å²) in [5, 5.41) is 10.1. The normalized spacial score (nSPS) is 31.1. The van der Waals surface area contributed by atoms with Gasteiger partial charge in [-0.15, -0.1) is 0 Å². The zero-order chi connectivity index (χ0) is 25.0. The van der Waals surface area contributed by atoms with Gasteiger partial charge in [-0.05, 0) is 37.1 Å². The first-order chi connectivity index (χ1) is 17.5. The number of anilines is 2. The average Bonchev–Trinajstić information content (AvgIpc) is 3.53. The topological polar surface area (TPSA) is 120 Å². The standard InChI is InChI=1S/C26H22N4O6/c27-15-9-3-8-14-26-18-20(24(33)28(22(18)31)16-10-4-1-5-11-16)35-30(26)36-21-19(26)23(32)29(25(21)34)17-12-6-2-7-13-17/h1-2,4-7,10-13,18-21H,3,8-9,14H2/t18-,19?,20+,21?,26?/m1/s1. The summed E-state index contributed by atoms with van der Waals surface area (Å²) in [5.74, 6) is -4.18. The molecule has 0 spiro atoms. The number of carbonyl (C=O) groups excluding carboxylic acids is 4. The van der Waals surface area contributed by atoms with Gasteiger partial charge in [-0.1, -0.05) is 48.0 Å². The van der Waals surface area contributed by atoms with Gasteiger partial charge in [0, 0.05) is 6.42 Å². The minimum atomic E-state index is -1.36. The summed E-state index contributed by atoms with van der Waals surface area (Å²) in [4.78, 5) is 68.4. The van der Waals surface area contributed by atoms with Crippen LogP contribution in [0.1, 0.15) is 25.7 Å². The minimum absolute atomic E-state index is 0.236. The fourth-order valence-corrected chi connectivity index (χ4v) is 5.98. The van der Waals surface area contributed by atoms with Crippen LogP contribution in [0.15, 0.2) is 60.7 Å². The molecule has 4 aliphatic rings. The maximum atomic E-state index is 13.8. The zero-order valence-corrected chi connectivity index (χ0v) is 19.1. The summed E-state index contributed by atoms with van der Waals surface area (Å²) >= 11 is 0. The molecule has 4 heterocycles. The Balaban J connectivity index is 1.42. The Kier molecular flexibility index (Phi) is 5.22. The number of para-hydroxylation sites is 2. The lowest BCUT2D eigenvalue weighted by Gasteiger charge is -2.35. The van der Waals surface area contributed by atoms with Crippen molar-refractivity contribution in [1.29, 1.82) is 5.26 Å². The number of fused-ring (bicyclic) bond motifs is 5. The molecular weight excluding hydrogens is 464 g/mol. The van der Waals surface area contributed by atoms with Gasteiger partial charge in [-0.2, -0.15) is 5.26 Å². The average molecular weight is 486 g/mol. The van der Waals surface area contributed by atoms with Crippen LogP contribution >= 0.6 is 0 Å². The highest BCUT2D eigenvalue weighted by Gasteiger charge is 2.78. The van der Waals surface area contributed by atoms with Gasteiger partial charge < -0.3 is 0 Å². The number of hydroxylamine groups is 2. The molecule has 3 unspecified atom stereocenters. The molecular formula is C26H22N4O6. The van der Waals surface area contributed by atoms with Crippen molar-refractivity contribution in [3.63, 3.8) is 0 Å². The molecule has 0 aliphatic carbocycles. The van der Waals surface area contributed by atoms with E-state index in [-0.39, 0.29) is 6.42 Å². The second kappa shape index (κ2) is 8.34. The maximum absolute atomic E-state index is 13.8. The van der Waals surface area contributed by atoms with Crippen LogP contribution in [0, 0.1) is 23.2 Å². The third-order valence-corrected chi connectivity index (χ3v) is 7.49. The summed E-state index contributed by atoms with van der Waals surface area (Å²) in [6, 6.07) is 19.2. The number of imide groups is 2. The molecule has 4 amide bonds. The van der Waals surface area contributed by atoms with E-state index in [1.54, 1.807) is 60.7 Å². The Morgan fingerprint density at radius 2 is 1.19 bits per heavy atom. The Bertz CT molecular complexity index is 1210. The highest BCUT2D eigenvalue weighted by molar-refractivity contribution is 6.26. The van der Waals surface area contributed by atoms with Crippen molar-refractivity contribution in [3.8, 4) is 6.07 Å². The van der Waals surface area contributed by atoms with Gasteiger partial charge in [0.1, 0.15) is 17.4 Å². The molecule has 2 aromatic carbocycles. The predicted molar refractivity (Wildman–Crippen MR) is 123 cm³/mol. The molecule has 0 saturated carbocycles. The van der Waals surface area contributed by atoms with Crippen molar-refractivity contribution in [2.45, 2.75) is 43.4 Å². The molecule has 4 fully saturated rings. The zero-order valence-electron chi connectivity index (χ0n) is 19.1. The lowest BCUT2D eigenvalue weighted by molar-refractivity contribution is -0.364. The van der Waals surface area contributed by atoms with Crippen molar-refractivity contribution in [2.75, 3.05) is 9.80 Å². The molecule has 5 atom stereocenters. The van der Waals surface area contributed by atoms with Gasteiger partial charge >= 0.3 is 0 Å². The van der Waals surface area contributed by atoms with Crippen LogP contribution in [0.3, 0.4) is 0 Å². The van der Waals surface area contributed by atoms with Crippen LogP contribution < -0.4 is 9.80 Å². The molecule has 0 bridgehead atoms. The molecule has 182 valence electrons. The summed E-state index contributed by atoms with van der Waals surface area (Å²) in [6.45, 7) is 0. The van der Waals surface area contributed by atoms with Crippen LogP contribution in [-0.2, 0) is 28.9 Å². The highest BCUT2D eigenvalue weighted by Crippen LogP contribution is 2.58. The van der Waals surface area contributed by atoms with E-state index in [1.165, 1.54) is 0 Å². The van der Waals surface area contributed by atoms with E-state index >= 15 is 0 Å². The van der Waals surface area contributed by atoms with E-state index in [1.807, 2.05) is 0 Å². The number of nitrogens with zero attached hydrogens (tertiary/aromatic N) is 4. The van der Waals surface area contributed by atoms with E-state index in [0.717, 1.165) is 15.0 Å². The van der Waals surface area contributed by atoms with Crippen LogP contribution in [0.2, 0.25) is 0 Å². The van der Waals surface area contributed by atoms with Crippen molar-refractivity contribution in [1.82, 2.24) is 5.23 Å². The molecule has 10 heteroatoms. The van der Waals surface area contributed by atoms with E-state index in [9.17, 15) is 19.2 Å². The van der Waals surface area contributed by atoms with Crippen molar-refractivity contribution >= 4 is 35.0 Å². The number of hydrogen-bond acceptors (Lipinski definition) is 8. The number of hydrogen-bond donors (Lipinski definition) is 0. The van der Waals surface area contributed by atoms with E-state index in [4.69, 9.17) is 14.9 Å². The predicted octanol–water partition coefficient (Wildman–Crippen LogP) is 2.12. The third-order valence-electron chi connectivity index (χ3n) is 7.49. The second-order valence-electron chi connectivity index (χ2n) is 9.32.